The molecule has 2 aliphatic rings. The van der Waals surface area contributed by atoms with Crippen molar-refractivity contribution in [1.82, 2.24) is 0 Å². The summed E-state index contributed by atoms with van der Waals surface area (Å²) in [5.41, 5.74) is 0.509. The average molecular weight is 326 g/mol. The van der Waals surface area contributed by atoms with Crippen molar-refractivity contribution in [3.8, 4) is 5.75 Å². The Morgan fingerprint density at radius 3 is 2.47 bits per heavy atom. The minimum atomic E-state index is -0.499. The van der Waals surface area contributed by atoms with E-state index in [1.54, 1.807) is 25.3 Å². The summed E-state index contributed by atoms with van der Waals surface area (Å²) in [6.07, 6.45) is 0.210. The monoisotopic (exact) mass is 325 g/mol. The van der Waals surface area contributed by atoms with Gasteiger partial charge in [-0.3, -0.25) is 9.59 Å². The van der Waals surface area contributed by atoms with Gasteiger partial charge in [0.05, 0.1) is 12.8 Å². The number of imide groups is 1. The molecule has 0 spiro atoms. The minimum absolute atomic E-state index is 0.298. The van der Waals surface area contributed by atoms with Crippen LogP contribution in [0.4, 0.5) is 5.69 Å². The number of ether oxygens (including phenoxy) is 2. The molecule has 100 valence electrons. The van der Waals surface area contributed by atoms with Crippen LogP contribution >= 0.6 is 15.9 Å². The summed E-state index contributed by atoms with van der Waals surface area (Å²) in [5.74, 6) is -0.00181. The number of nitrogens with zero attached hydrogens (tertiary/aromatic N) is 1. The average Bonchev–Trinajstić information content (AvgIpc) is 2.86. The lowest BCUT2D eigenvalue weighted by Crippen LogP contribution is -2.52. The standard InChI is InChI=1S/C13H12BrNO4/c1-18-7-2-3-8(14)9(6-7)15-12(16)10-4-5-11(19-10)13(15)17/h2-3,6,10-11H,4-5H2,1H3. The van der Waals surface area contributed by atoms with Crippen LogP contribution in [0.15, 0.2) is 22.7 Å². The SMILES string of the molecule is COc1ccc(Br)c(N2C(=O)C3CCC(O3)C2=O)c1. The summed E-state index contributed by atoms with van der Waals surface area (Å²) in [6, 6.07) is 5.19. The predicted octanol–water partition coefficient (Wildman–Crippen LogP) is 1.88. The van der Waals surface area contributed by atoms with Crippen molar-refractivity contribution in [1.29, 1.82) is 0 Å². The molecule has 1 aromatic carbocycles. The maximum absolute atomic E-state index is 12.3. The van der Waals surface area contributed by atoms with E-state index in [0.29, 0.717) is 28.8 Å². The number of carbonyl (C=O) groups excluding carboxylic acids is 2. The van der Waals surface area contributed by atoms with Gasteiger partial charge in [0, 0.05) is 10.5 Å². The zero-order chi connectivity index (χ0) is 13.6. The van der Waals surface area contributed by atoms with E-state index in [1.807, 2.05) is 0 Å². The highest BCUT2D eigenvalue weighted by Crippen LogP contribution is 2.36. The number of anilines is 1. The number of hydrogen-bond donors (Lipinski definition) is 0. The van der Waals surface area contributed by atoms with E-state index in [9.17, 15) is 9.59 Å². The van der Waals surface area contributed by atoms with Gasteiger partial charge in [-0.1, -0.05) is 0 Å². The Hall–Kier alpha value is -1.40. The Kier molecular flexibility index (Phi) is 3.06. The van der Waals surface area contributed by atoms with Crippen LogP contribution in [-0.4, -0.2) is 31.1 Å². The fourth-order valence-electron chi connectivity index (χ4n) is 2.43. The lowest BCUT2D eigenvalue weighted by atomic mass is 10.2. The molecule has 2 saturated heterocycles. The molecular formula is C13H12BrNO4. The fourth-order valence-corrected chi connectivity index (χ4v) is 2.85. The van der Waals surface area contributed by atoms with E-state index in [-0.39, 0.29) is 11.8 Å². The Bertz CT molecular complexity index is 538. The van der Waals surface area contributed by atoms with Crippen molar-refractivity contribution in [2.24, 2.45) is 0 Å². The first kappa shape index (κ1) is 12.6. The molecule has 2 atom stereocenters. The third-order valence-electron chi connectivity index (χ3n) is 3.41. The van der Waals surface area contributed by atoms with Gasteiger partial charge in [0.15, 0.2) is 0 Å². The second-order valence-corrected chi connectivity index (χ2v) is 5.37. The Labute approximate surface area is 118 Å². The summed E-state index contributed by atoms with van der Waals surface area (Å²) in [4.78, 5) is 25.7. The first-order chi connectivity index (χ1) is 9.11. The predicted molar refractivity (Wildman–Crippen MR) is 71.1 cm³/mol. The van der Waals surface area contributed by atoms with Gasteiger partial charge in [0.1, 0.15) is 18.0 Å². The Morgan fingerprint density at radius 1 is 1.26 bits per heavy atom. The van der Waals surface area contributed by atoms with Crippen molar-refractivity contribution in [3.05, 3.63) is 22.7 Å². The molecule has 0 aromatic heterocycles. The molecule has 2 fully saturated rings. The second kappa shape index (κ2) is 4.61. The number of fused-ring (bicyclic) bond motifs is 2. The molecule has 19 heavy (non-hydrogen) atoms. The molecule has 6 heteroatoms. The molecule has 0 radical (unpaired) electrons. The van der Waals surface area contributed by atoms with Crippen molar-refractivity contribution >= 4 is 33.4 Å². The third-order valence-corrected chi connectivity index (χ3v) is 4.08. The number of carbonyl (C=O) groups is 2. The van der Waals surface area contributed by atoms with Crippen LogP contribution in [0.1, 0.15) is 12.8 Å². The summed E-state index contributed by atoms with van der Waals surface area (Å²) < 4.78 is 11.2. The molecule has 0 N–H and O–H groups in total. The van der Waals surface area contributed by atoms with Gasteiger partial charge < -0.3 is 9.47 Å². The van der Waals surface area contributed by atoms with Crippen LogP contribution in [0.5, 0.6) is 5.75 Å². The summed E-state index contributed by atoms with van der Waals surface area (Å²) in [6.45, 7) is 0. The van der Waals surface area contributed by atoms with E-state index >= 15 is 0 Å². The lowest BCUT2D eigenvalue weighted by Gasteiger charge is -2.30. The van der Waals surface area contributed by atoms with Crippen molar-refractivity contribution < 1.29 is 19.1 Å². The number of methoxy groups -OCH3 is 1. The number of rotatable bonds is 2. The molecule has 3 rings (SSSR count). The van der Waals surface area contributed by atoms with Crippen molar-refractivity contribution in [2.45, 2.75) is 25.0 Å². The summed E-state index contributed by atoms with van der Waals surface area (Å²) in [7, 11) is 1.54. The molecule has 5 nitrogen and oxygen atoms in total. The minimum Gasteiger partial charge on any atom is -0.497 e. The van der Waals surface area contributed by atoms with Gasteiger partial charge >= 0.3 is 0 Å². The fraction of sp³-hybridized carbons (Fsp3) is 0.385. The second-order valence-electron chi connectivity index (χ2n) is 4.52. The molecular weight excluding hydrogens is 314 g/mol. The highest BCUT2D eigenvalue weighted by molar-refractivity contribution is 9.10. The van der Waals surface area contributed by atoms with E-state index in [4.69, 9.17) is 9.47 Å². The van der Waals surface area contributed by atoms with Crippen LogP contribution in [0.3, 0.4) is 0 Å². The maximum atomic E-state index is 12.3. The molecule has 1 aromatic rings. The van der Waals surface area contributed by atoms with Gasteiger partial charge in [-0.05, 0) is 40.9 Å². The molecule has 0 saturated carbocycles. The zero-order valence-corrected chi connectivity index (χ0v) is 11.8. The quantitative estimate of drug-likeness (QED) is 0.779. The van der Waals surface area contributed by atoms with Crippen molar-refractivity contribution in [3.63, 3.8) is 0 Å². The van der Waals surface area contributed by atoms with E-state index in [2.05, 4.69) is 15.9 Å². The van der Waals surface area contributed by atoms with Gasteiger partial charge in [0.2, 0.25) is 0 Å². The topological polar surface area (TPSA) is 55.8 Å². The number of amides is 2. The molecule has 0 aliphatic carbocycles. The van der Waals surface area contributed by atoms with Crippen LogP contribution in [0.25, 0.3) is 0 Å². The molecule has 2 bridgehead atoms. The number of hydrogen-bond acceptors (Lipinski definition) is 4. The van der Waals surface area contributed by atoms with E-state index < -0.39 is 12.2 Å². The van der Waals surface area contributed by atoms with Gasteiger partial charge in [0.25, 0.3) is 11.8 Å². The normalized spacial score (nSPS) is 25.9. The first-order valence-electron chi connectivity index (χ1n) is 5.98. The molecule has 2 aliphatic heterocycles. The largest absolute Gasteiger partial charge is 0.497 e. The van der Waals surface area contributed by atoms with Crippen LogP contribution in [0.2, 0.25) is 0 Å². The molecule has 2 amide bonds. The number of halogens is 1. The van der Waals surface area contributed by atoms with Gasteiger partial charge in [-0.2, -0.15) is 0 Å². The Balaban J connectivity index is 2.05. The van der Waals surface area contributed by atoms with Crippen LogP contribution in [-0.2, 0) is 14.3 Å². The van der Waals surface area contributed by atoms with Gasteiger partial charge in [-0.25, -0.2) is 4.90 Å². The highest BCUT2D eigenvalue weighted by atomic mass is 79.9. The first-order valence-corrected chi connectivity index (χ1v) is 6.78. The van der Waals surface area contributed by atoms with E-state index in [0.717, 1.165) is 0 Å². The summed E-state index contributed by atoms with van der Waals surface area (Å²) >= 11 is 3.37. The smallest absolute Gasteiger partial charge is 0.263 e. The van der Waals surface area contributed by atoms with Gasteiger partial charge in [-0.15, -0.1) is 0 Å². The highest BCUT2D eigenvalue weighted by Gasteiger charge is 2.47. The lowest BCUT2D eigenvalue weighted by molar-refractivity contribution is -0.146. The Morgan fingerprint density at radius 2 is 1.89 bits per heavy atom. The van der Waals surface area contributed by atoms with Crippen molar-refractivity contribution in [2.75, 3.05) is 12.0 Å². The molecule has 2 unspecified atom stereocenters. The maximum Gasteiger partial charge on any atom is 0.263 e. The zero-order valence-electron chi connectivity index (χ0n) is 10.3. The van der Waals surface area contributed by atoms with Crippen LogP contribution < -0.4 is 9.64 Å². The van der Waals surface area contributed by atoms with Crippen LogP contribution in [0, 0.1) is 0 Å². The number of benzene rings is 1. The summed E-state index contributed by atoms with van der Waals surface area (Å²) in [5, 5.41) is 0. The van der Waals surface area contributed by atoms with E-state index in [1.165, 1.54) is 4.90 Å². The number of morpholine rings is 1. The molecule has 2 heterocycles. The third kappa shape index (κ3) is 1.95.